The molecule has 1 N–H and O–H groups in total. The summed E-state index contributed by atoms with van der Waals surface area (Å²) in [7, 11) is -1.79. The van der Waals surface area contributed by atoms with E-state index in [0.29, 0.717) is 28.1 Å². The molecule has 0 saturated carbocycles. The minimum absolute atomic E-state index is 0.104. The van der Waals surface area contributed by atoms with Gasteiger partial charge in [-0.1, -0.05) is 29.3 Å². The highest BCUT2D eigenvalue weighted by molar-refractivity contribution is 7.89. The Balaban J connectivity index is 1.52. The molecule has 6 nitrogen and oxygen atoms in total. The van der Waals surface area contributed by atoms with Gasteiger partial charge >= 0.3 is 0 Å². The van der Waals surface area contributed by atoms with E-state index < -0.39 is 16.1 Å². The lowest BCUT2D eigenvalue weighted by atomic mass is 10.1. The first-order valence-electron chi connectivity index (χ1n) is 11.1. The van der Waals surface area contributed by atoms with Gasteiger partial charge in [-0.25, -0.2) is 17.5 Å². The molecule has 0 spiro atoms. The molecule has 1 aliphatic rings. The molecular formula is C25H26Cl2FN3O3S. The van der Waals surface area contributed by atoms with Crippen LogP contribution in [-0.2, 0) is 10.0 Å². The Morgan fingerprint density at radius 3 is 2.11 bits per heavy atom. The minimum atomic E-state index is -3.86. The quantitative estimate of drug-likeness (QED) is 0.428. The van der Waals surface area contributed by atoms with Gasteiger partial charge in [0.1, 0.15) is 17.3 Å². The van der Waals surface area contributed by atoms with Gasteiger partial charge in [-0.15, -0.1) is 0 Å². The molecule has 4 rings (SSSR count). The van der Waals surface area contributed by atoms with Crippen molar-refractivity contribution in [3.63, 3.8) is 0 Å². The number of nitrogens with one attached hydrogen (secondary N) is 1. The number of likely N-dealkylation sites (N-methyl/N-ethyl adjacent to an activating group) is 1. The van der Waals surface area contributed by atoms with Gasteiger partial charge in [-0.3, -0.25) is 4.90 Å². The number of rotatable bonds is 8. The molecule has 1 heterocycles. The van der Waals surface area contributed by atoms with E-state index in [2.05, 4.69) is 21.6 Å². The summed E-state index contributed by atoms with van der Waals surface area (Å²) in [6.07, 6.45) is 0. The fourth-order valence-corrected chi connectivity index (χ4v) is 5.33. The molecule has 1 fully saturated rings. The average molecular weight is 538 g/mol. The topological polar surface area (TPSA) is 61.9 Å². The van der Waals surface area contributed by atoms with Crippen LogP contribution >= 0.6 is 23.2 Å². The van der Waals surface area contributed by atoms with Crippen LogP contribution in [0.25, 0.3) is 0 Å². The van der Waals surface area contributed by atoms with Crippen molar-refractivity contribution in [3.8, 4) is 11.5 Å². The molecule has 0 amide bonds. The van der Waals surface area contributed by atoms with Crippen molar-refractivity contribution < 1.29 is 17.5 Å². The van der Waals surface area contributed by atoms with Crippen LogP contribution < -0.4 is 9.46 Å². The third-order valence-corrected chi connectivity index (χ3v) is 8.09. The number of hydrogen-bond acceptors (Lipinski definition) is 5. The minimum Gasteiger partial charge on any atom is -0.457 e. The van der Waals surface area contributed by atoms with Crippen LogP contribution in [0.5, 0.6) is 11.5 Å². The predicted molar refractivity (Wildman–Crippen MR) is 136 cm³/mol. The molecule has 0 radical (unpaired) electrons. The Morgan fingerprint density at radius 2 is 1.51 bits per heavy atom. The Kier molecular flexibility index (Phi) is 8.31. The molecule has 3 aromatic rings. The second-order valence-electron chi connectivity index (χ2n) is 8.48. The molecule has 10 heteroatoms. The Labute approximate surface area is 215 Å². The Morgan fingerprint density at radius 1 is 0.914 bits per heavy atom. The smallest absolute Gasteiger partial charge is 0.241 e. The molecule has 0 bridgehead atoms. The largest absolute Gasteiger partial charge is 0.457 e. The van der Waals surface area contributed by atoms with E-state index >= 15 is 0 Å². The van der Waals surface area contributed by atoms with Crippen LogP contribution in [0.3, 0.4) is 0 Å². The second kappa shape index (κ2) is 11.2. The SMILES string of the molecule is CN1CCN(C[C@@H](NS(=O)(=O)c2ccc(Oc3ccc(F)cc3)cc2)c2ccc(Cl)c(Cl)c2)CC1. The van der Waals surface area contributed by atoms with Gasteiger partial charge in [-0.2, -0.15) is 0 Å². The van der Waals surface area contributed by atoms with Gasteiger partial charge in [0.2, 0.25) is 10.0 Å². The first-order chi connectivity index (χ1) is 16.7. The van der Waals surface area contributed by atoms with E-state index in [1.165, 1.54) is 36.4 Å². The highest BCUT2D eigenvalue weighted by atomic mass is 35.5. The fourth-order valence-electron chi connectivity index (χ4n) is 3.81. The van der Waals surface area contributed by atoms with E-state index in [-0.39, 0.29) is 10.7 Å². The zero-order chi connectivity index (χ0) is 25.0. The zero-order valence-electron chi connectivity index (χ0n) is 19.1. The lowest BCUT2D eigenvalue weighted by molar-refractivity contribution is 0.145. The van der Waals surface area contributed by atoms with Crippen molar-refractivity contribution in [2.75, 3.05) is 39.8 Å². The van der Waals surface area contributed by atoms with E-state index in [0.717, 1.165) is 31.7 Å². The predicted octanol–water partition coefficient (Wildman–Crippen LogP) is 5.19. The molecule has 186 valence electrons. The first-order valence-corrected chi connectivity index (χ1v) is 13.4. The van der Waals surface area contributed by atoms with E-state index in [9.17, 15) is 12.8 Å². The molecule has 0 aliphatic carbocycles. The summed E-state index contributed by atoms with van der Waals surface area (Å²) in [6, 6.07) is 16.3. The summed E-state index contributed by atoms with van der Waals surface area (Å²) in [4.78, 5) is 4.58. The first kappa shape index (κ1) is 25.9. The van der Waals surface area contributed by atoms with Crippen LogP contribution in [0, 0.1) is 5.82 Å². The summed E-state index contributed by atoms with van der Waals surface area (Å²) in [6.45, 7) is 4.00. The number of hydrogen-bond donors (Lipinski definition) is 1. The van der Waals surface area contributed by atoms with Crippen LogP contribution in [0.15, 0.2) is 71.6 Å². The van der Waals surface area contributed by atoms with E-state index in [1.54, 1.807) is 30.3 Å². The van der Waals surface area contributed by atoms with Gasteiger partial charge in [-0.05, 0) is 73.3 Å². The van der Waals surface area contributed by atoms with Crippen molar-refractivity contribution in [3.05, 3.63) is 88.2 Å². The van der Waals surface area contributed by atoms with Crippen molar-refractivity contribution in [1.82, 2.24) is 14.5 Å². The van der Waals surface area contributed by atoms with E-state index in [1.807, 2.05) is 0 Å². The Bertz CT molecular complexity index is 1250. The summed E-state index contributed by atoms with van der Waals surface area (Å²) in [5, 5.41) is 0.780. The monoisotopic (exact) mass is 537 g/mol. The lowest BCUT2D eigenvalue weighted by Gasteiger charge is -2.35. The fraction of sp³-hybridized carbons (Fsp3) is 0.280. The molecule has 1 atom stereocenters. The molecular weight excluding hydrogens is 512 g/mol. The van der Waals surface area contributed by atoms with Gasteiger partial charge < -0.3 is 9.64 Å². The van der Waals surface area contributed by atoms with Crippen molar-refractivity contribution in [2.24, 2.45) is 0 Å². The highest BCUT2D eigenvalue weighted by Gasteiger charge is 2.25. The van der Waals surface area contributed by atoms with Crippen molar-refractivity contribution in [1.29, 1.82) is 0 Å². The van der Waals surface area contributed by atoms with Gasteiger partial charge in [0, 0.05) is 32.7 Å². The Hall–Kier alpha value is -2.20. The number of benzene rings is 3. The number of piperazine rings is 1. The maximum absolute atomic E-state index is 13.3. The summed E-state index contributed by atoms with van der Waals surface area (Å²) >= 11 is 12.3. The third kappa shape index (κ3) is 6.94. The van der Waals surface area contributed by atoms with Crippen LogP contribution in [0.1, 0.15) is 11.6 Å². The number of halogens is 3. The van der Waals surface area contributed by atoms with Gasteiger partial charge in [0.15, 0.2) is 0 Å². The molecule has 1 aliphatic heterocycles. The van der Waals surface area contributed by atoms with Crippen molar-refractivity contribution in [2.45, 2.75) is 10.9 Å². The summed E-state index contributed by atoms with van der Waals surface area (Å²) in [5.41, 5.74) is 0.734. The van der Waals surface area contributed by atoms with Crippen LogP contribution in [0.4, 0.5) is 4.39 Å². The number of sulfonamides is 1. The molecule has 0 unspecified atom stereocenters. The summed E-state index contributed by atoms with van der Waals surface area (Å²) in [5.74, 6) is 0.527. The van der Waals surface area contributed by atoms with Crippen molar-refractivity contribution >= 4 is 33.2 Å². The lowest BCUT2D eigenvalue weighted by Crippen LogP contribution is -2.47. The molecule has 35 heavy (non-hydrogen) atoms. The highest BCUT2D eigenvalue weighted by Crippen LogP contribution is 2.28. The van der Waals surface area contributed by atoms with E-state index in [4.69, 9.17) is 27.9 Å². The molecule has 1 saturated heterocycles. The maximum Gasteiger partial charge on any atom is 0.241 e. The molecule has 3 aromatic carbocycles. The van der Waals surface area contributed by atoms with Gasteiger partial charge in [0.25, 0.3) is 0 Å². The van der Waals surface area contributed by atoms with Crippen LogP contribution in [0.2, 0.25) is 10.0 Å². The second-order valence-corrected chi connectivity index (χ2v) is 11.0. The third-order valence-electron chi connectivity index (χ3n) is 5.86. The zero-order valence-corrected chi connectivity index (χ0v) is 21.5. The summed E-state index contributed by atoms with van der Waals surface area (Å²) < 4.78 is 48.2. The average Bonchev–Trinajstić information content (AvgIpc) is 2.83. The standard InChI is InChI=1S/C25H26Cl2FN3O3S/c1-30-12-14-31(15-13-30)17-25(18-2-11-23(26)24(27)16-18)29-35(32,33)22-9-7-21(8-10-22)34-20-5-3-19(28)4-6-20/h2-11,16,25,29H,12-15,17H2,1H3/t25-/m1/s1. The number of nitrogens with zero attached hydrogens (tertiary/aromatic N) is 2. The number of ether oxygens (including phenoxy) is 1. The van der Waals surface area contributed by atoms with Gasteiger partial charge in [0.05, 0.1) is 21.0 Å². The molecule has 0 aromatic heterocycles. The normalized spacial score (nSPS) is 16.2. The van der Waals surface area contributed by atoms with Crippen LogP contribution in [-0.4, -0.2) is 58.0 Å². The maximum atomic E-state index is 13.3.